The molecule has 0 bridgehead atoms. The second-order valence-electron chi connectivity index (χ2n) is 6.17. The first-order valence-corrected chi connectivity index (χ1v) is 7.04. The Balaban J connectivity index is 2.09. The smallest absolute Gasteiger partial charge is 0.410 e. The van der Waals surface area contributed by atoms with Crippen molar-refractivity contribution < 1.29 is 24.2 Å². The van der Waals surface area contributed by atoms with Crippen LogP contribution in [0.15, 0.2) is 6.07 Å². The van der Waals surface area contributed by atoms with Crippen LogP contribution < -0.4 is 0 Å². The standard InChI is InChI=1S/C14H21N3O5/c1-14(2,3)22-13(20)17-5-6-21-11(8-17)9-7-10(12(18)19)16(4)15-9/h7,11H,5-6,8H2,1-4H3,(H,18,19). The minimum absolute atomic E-state index is 0.0768. The monoisotopic (exact) mass is 311 g/mol. The van der Waals surface area contributed by atoms with E-state index in [9.17, 15) is 9.59 Å². The number of nitrogens with zero attached hydrogens (tertiary/aromatic N) is 3. The Morgan fingerprint density at radius 2 is 2.14 bits per heavy atom. The summed E-state index contributed by atoms with van der Waals surface area (Å²) in [6, 6.07) is 1.46. The van der Waals surface area contributed by atoms with Crippen molar-refractivity contribution in [3.63, 3.8) is 0 Å². The number of aromatic nitrogens is 2. The van der Waals surface area contributed by atoms with Crippen molar-refractivity contribution in [1.82, 2.24) is 14.7 Å². The molecule has 0 aliphatic carbocycles. The van der Waals surface area contributed by atoms with Gasteiger partial charge in [-0.25, -0.2) is 9.59 Å². The molecule has 8 heteroatoms. The second kappa shape index (κ2) is 5.96. The Morgan fingerprint density at radius 3 is 2.68 bits per heavy atom. The van der Waals surface area contributed by atoms with Crippen LogP contribution in [0.5, 0.6) is 0 Å². The summed E-state index contributed by atoms with van der Waals surface area (Å²) in [5, 5.41) is 13.2. The van der Waals surface area contributed by atoms with Gasteiger partial charge in [-0.15, -0.1) is 0 Å². The number of carbonyl (C=O) groups excluding carboxylic acids is 1. The minimum Gasteiger partial charge on any atom is -0.477 e. The Kier molecular flexibility index (Phi) is 4.41. The van der Waals surface area contributed by atoms with Crippen molar-refractivity contribution in [2.75, 3.05) is 19.7 Å². The molecule has 0 saturated carbocycles. The van der Waals surface area contributed by atoms with Crippen LogP contribution in [0.25, 0.3) is 0 Å². The number of rotatable bonds is 2. The maximum Gasteiger partial charge on any atom is 0.410 e. The highest BCUT2D eigenvalue weighted by molar-refractivity contribution is 5.85. The van der Waals surface area contributed by atoms with Gasteiger partial charge >= 0.3 is 12.1 Å². The van der Waals surface area contributed by atoms with Crippen molar-refractivity contribution >= 4 is 12.1 Å². The molecule has 8 nitrogen and oxygen atoms in total. The maximum absolute atomic E-state index is 12.1. The van der Waals surface area contributed by atoms with E-state index < -0.39 is 23.8 Å². The number of amides is 1. The van der Waals surface area contributed by atoms with E-state index in [1.54, 1.807) is 32.7 Å². The maximum atomic E-state index is 12.1. The average molecular weight is 311 g/mol. The van der Waals surface area contributed by atoms with E-state index in [1.807, 2.05) is 0 Å². The first-order chi connectivity index (χ1) is 10.2. The molecule has 1 aliphatic heterocycles. The van der Waals surface area contributed by atoms with Crippen LogP contribution in [0.2, 0.25) is 0 Å². The molecular formula is C14H21N3O5. The molecule has 1 aliphatic rings. The Hall–Kier alpha value is -2.09. The number of hydrogen-bond donors (Lipinski definition) is 1. The number of carboxylic acid groups (broad SMARTS) is 1. The molecule has 1 saturated heterocycles. The fourth-order valence-electron chi connectivity index (χ4n) is 2.17. The third-order valence-electron chi connectivity index (χ3n) is 3.17. The number of carbonyl (C=O) groups is 2. The molecule has 1 aromatic heterocycles. The molecule has 122 valence electrons. The van der Waals surface area contributed by atoms with Crippen molar-refractivity contribution in [3.8, 4) is 0 Å². The van der Waals surface area contributed by atoms with Crippen molar-refractivity contribution in [3.05, 3.63) is 17.5 Å². The summed E-state index contributed by atoms with van der Waals surface area (Å²) in [7, 11) is 1.56. The van der Waals surface area contributed by atoms with Gasteiger partial charge in [0.25, 0.3) is 0 Å². The highest BCUT2D eigenvalue weighted by Crippen LogP contribution is 2.23. The van der Waals surface area contributed by atoms with Crippen LogP contribution in [-0.2, 0) is 16.5 Å². The molecule has 2 heterocycles. The van der Waals surface area contributed by atoms with Crippen LogP contribution >= 0.6 is 0 Å². The molecule has 1 N–H and O–H groups in total. The molecule has 22 heavy (non-hydrogen) atoms. The number of aryl methyl sites for hydroxylation is 1. The lowest BCUT2D eigenvalue weighted by atomic mass is 10.2. The molecule has 1 atom stereocenters. The van der Waals surface area contributed by atoms with Crippen LogP contribution in [0, 0.1) is 0 Å². The van der Waals surface area contributed by atoms with E-state index in [0.717, 1.165) is 0 Å². The molecule has 0 aromatic carbocycles. The Morgan fingerprint density at radius 1 is 1.45 bits per heavy atom. The quantitative estimate of drug-likeness (QED) is 0.888. The van der Waals surface area contributed by atoms with Gasteiger partial charge in [-0.1, -0.05) is 0 Å². The van der Waals surface area contributed by atoms with E-state index in [1.165, 1.54) is 10.7 Å². The summed E-state index contributed by atoms with van der Waals surface area (Å²) in [6.45, 7) is 6.49. The molecular weight excluding hydrogens is 290 g/mol. The summed E-state index contributed by atoms with van der Waals surface area (Å²) in [5.41, 5.74) is 0.00737. The number of ether oxygens (including phenoxy) is 2. The summed E-state index contributed by atoms with van der Waals surface area (Å²) in [5.74, 6) is -1.05. The third kappa shape index (κ3) is 3.76. The fraction of sp³-hybridized carbons (Fsp3) is 0.643. The average Bonchev–Trinajstić information content (AvgIpc) is 2.79. The van der Waals surface area contributed by atoms with Crippen molar-refractivity contribution in [1.29, 1.82) is 0 Å². The molecule has 1 amide bonds. The van der Waals surface area contributed by atoms with Gasteiger partial charge in [0, 0.05) is 13.6 Å². The predicted octanol–water partition coefficient (Wildman–Crippen LogP) is 1.43. The van der Waals surface area contributed by atoms with Crippen LogP contribution in [-0.4, -0.2) is 57.1 Å². The van der Waals surface area contributed by atoms with E-state index in [2.05, 4.69) is 5.10 Å². The van der Waals surface area contributed by atoms with E-state index in [-0.39, 0.29) is 12.2 Å². The Labute approximate surface area is 128 Å². The zero-order chi connectivity index (χ0) is 16.5. The van der Waals surface area contributed by atoms with E-state index in [4.69, 9.17) is 14.6 Å². The second-order valence-corrected chi connectivity index (χ2v) is 6.17. The number of aromatic carboxylic acids is 1. The highest BCUT2D eigenvalue weighted by Gasteiger charge is 2.30. The van der Waals surface area contributed by atoms with Gasteiger partial charge in [0.15, 0.2) is 0 Å². The third-order valence-corrected chi connectivity index (χ3v) is 3.17. The highest BCUT2D eigenvalue weighted by atomic mass is 16.6. The van der Waals surface area contributed by atoms with Gasteiger partial charge in [-0.3, -0.25) is 4.68 Å². The molecule has 1 unspecified atom stereocenters. The van der Waals surface area contributed by atoms with Crippen LogP contribution in [0.3, 0.4) is 0 Å². The fourth-order valence-corrected chi connectivity index (χ4v) is 2.17. The van der Waals surface area contributed by atoms with Gasteiger partial charge in [0.05, 0.1) is 18.8 Å². The SMILES string of the molecule is Cn1nc(C2CN(C(=O)OC(C)(C)C)CCO2)cc1C(=O)O. The zero-order valence-corrected chi connectivity index (χ0v) is 13.2. The normalized spacial score (nSPS) is 19.1. The number of morpholine rings is 1. The van der Waals surface area contributed by atoms with E-state index in [0.29, 0.717) is 18.8 Å². The van der Waals surface area contributed by atoms with Crippen LogP contribution in [0.4, 0.5) is 4.79 Å². The van der Waals surface area contributed by atoms with Crippen molar-refractivity contribution in [2.24, 2.45) is 7.05 Å². The van der Waals surface area contributed by atoms with Crippen molar-refractivity contribution in [2.45, 2.75) is 32.5 Å². The molecule has 0 radical (unpaired) electrons. The van der Waals surface area contributed by atoms with Gasteiger partial charge < -0.3 is 19.5 Å². The number of carboxylic acids is 1. The summed E-state index contributed by atoms with van der Waals surface area (Å²) < 4.78 is 12.2. The molecule has 1 fully saturated rings. The van der Waals surface area contributed by atoms with Gasteiger partial charge in [-0.2, -0.15) is 5.10 Å². The molecule has 0 spiro atoms. The predicted molar refractivity (Wildman–Crippen MR) is 76.7 cm³/mol. The van der Waals surface area contributed by atoms with Gasteiger partial charge in [0.2, 0.25) is 0 Å². The summed E-state index contributed by atoms with van der Waals surface area (Å²) in [6.07, 6.45) is -0.865. The van der Waals surface area contributed by atoms with Gasteiger partial charge in [-0.05, 0) is 26.8 Å². The first-order valence-electron chi connectivity index (χ1n) is 7.04. The summed E-state index contributed by atoms with van der Waals surface area (Å²) >= 11 is 0. The van der Waals surface area contributed by atoms with Gasteiger partial charge in [0.1, 0.15) is 17.4 Å². The Bertz CT molecular complexity index is 576. The zero-order valence-electron chi connectivity index (χ0n) is 13.2. The minimum atomic E-state index is -1.05. The molecule has 1 aromatic rings. The van der Waals surface area contributed by atoms with Crippen LogP contribution in [0.1, 0.15) is 43.1 Å². The first kappa shape index (κ1) is 16.3. The number of hydrogen-bond acceptors (Lipinski definition) is 5. The largest absolute Gasteiger partial charge is 0.477 e. The topological polar surface area (TPSA) is 93.9 Å². The molecule has 2 rings (SSSR count). The lowest BCUT2D eigenvalue weighted by molar-refractivity contribution is -0.0448. The summed E-state index contributed by atoms with van der Waals surface area (Å²) in [4.78, 5) is 24.7. The lowest BCUT2D eigenvalue weighted by Gasteiger charge is -2.33. The lowest BCUT2D eigenvalue weighted by Crippen LogP contribution is -2.44. The van der Waals surface area contributed by atoms with E-state index >= 15 is 0 Å².